The second-order valence-corrected chi connectivity index (χ2v) is 3.77. The molecule has 4 heteroatoms. The van der Waals surface area contributed by atoms with Gasteiger partial charge in [-0.05, 0) is 31.9 Å². The van der Waals surface area contributed by atoms with Crippen LogP contribution in [0.4, 0.5) is 0 Å². The topological polar surface area (TPSA) is 59.4 Å². The minimum Gasteiger partial charge on any atom is -0.477 e. The molecule has 0 fully saturated rings. The fourth-order valence-corrected chi connectivity index (χ4v) is 1.48. The molecule has 4 nitrogen and oxygen atoms in total. The molecule has 0 aliphatic heterocycles. The number of carboxylic acids is 1. The molecule has 0 amide bonds. The number of hydrogen-bond acceptors (Lipinski definition) is 3. The Hall–Kier alpha value is -1.58. The highest BCUT2D eigenvalue weighted by molar-refractivity contribution is 5.91. The van der Waals surface area contributed by atoms with Gasteiger partial charge in [-0.2, -0.15) is 0 Å². The fraction of sp³-hybridized carbons (Fsp3) is 0.500. The highest BCUT2D eigenvalue weighted by Crippen LogP contribution is 2.21. The number of aromatic nitrogens is 1. The summed E-state index contributed by atoms with van der Waals surface area (Å²) in [5.41, 5.74) is 1.63. The van der Waals surface area contributed by atoms with E-state index in [4.69, 9.17) is 9.84 Å². The summed E-state index contributed by atoms with van der Waals surface area (Å²) >= 11 is 0. The normalized spacial score (nSPS) is 10.2. The van der Waals surface area contributed by atoms with Crippen LogP contribution in [0.15, 0.2) is 6.07 Å². The van der Waals surface area contributed by atoms with Gasteiger partial charge in [0, 0.05) is 5.69 Å². The zero-order chi connectivity index (χ0) is 12.1. The van der Waals surface area contributed by atoms with Gasteiger partial charge in [0.1, 0.15) is 5.56 Å². The first-order chi connectivity index (χ1) is 7.56. The molecule has 0 aliphatic rings. The van der Waals surface area contributed by atoms with Crippen molar-refractivity contribution in [1.29, 1.82) is 0 Å². The van der Waals surface area contributed by atoms with E-state index in [0.29, 0.717) is 12.2 Å². The highest BCUT2D eigenvalue weighted by Gasteiger charge is 2.16. The Bertz CT molecular complexity index is 388. The quantitative estimate of drug-likeness (QED) is 0.779. The standard InChI is InChI=1S/C12H17NO3/c1-4-5-6-16-11-10(12(14)15)8(2)7-9(3)13-11/h7H,4-6H2,1-3H3,(H,14,15). The van der Waals surface area contributed by atoms with Crippen LogP contribution in [0, 0.1) is 13.8 Å². The van der Waals surface area contributed by atoms with Crippen molar-refractivity contribution in [2.24, 2.45) is 0 Å². The molecular weight excluding hydrogens is 206 g/mol. The molecule has 0 atom stereocenters. The van der Waals surface area contributed by atoms with E-state index in [9.17, 15) is 4.79 Å². The van der Waals surface area contributed by atoms with Gasteiger partial charge in [-0.15, -0.1) is 0 Å². The average Bonchev–Trinajstić information content (AvgIpc) is 2.16. The van der Waals surface area contributed by atoms with Crippen LogP contribution in [-0.4, -0.2) is 22.7 Å². The number of hydrogen-bond donors (Lipinski definition) is 1. The van der Waals surface area contributed by atoms with Crippen LogP contribution in [0.1, 0.15) is 41.4 Å². The predicted octanol–water partition coefficient (Wildman–Crippen LogP) is 2.58. The summed E-state index contributed by atoms with van der Waals surface area (Å²) in [7, 11) is 0. The van der Waals surface area contributed by atoms with Crippen molar-refractivity contribution in [2.75, 3.05) is 6.61 Å². The van der Waals surface area contributed by atoms with Gasteiger partial charge < -0.3 is 9.84 Å². The molecule has 0 radical (unpaired) electrons. The Kier molecular flexibility index (Phi) is 4.28. The van der Waals surface area contributed by atoms with Gasteiger partial charge in [0.15, 0.2) is 0 Å². The minimum absolute atomic E-state index is 0.168. The van der Waals surface area contributed by atoms with E-state index >= 15 is 0 Å². The predicted molar refractivity (Wildman–Crippen MR) is 61.1 cm³/mol. The van der Waals surface area contributed by atoms with Crippen LogP contribution in [0.25, 0.3) is 0 Å². The lowest BCUT2D eigenvalue weighted by molar-refractivity contribution is 0.0690. The van der Waals surface area contributed by atoms with E-state index in [-0.39, 0.29) is 11.4 Å². The maximum atomic E-state index is 11.1. The lowest BCUT2D eigenvalue weighted by Gasteiger charge is -2.10. The summed E-state index contributed by atoms with van der Waals surface area (Å²) in [4.78, 5) is 15.2. The number of carboxylic acid groups (broad SMARTS) is 1. The van der Waals surface area contributed by atoms with Gasteiger partial charge in [0.05, 0.1) is 6.61 Å². The van der Waals surface area contributed by atoms with Crippen LogP contribution >= 0.6 is 0 Å². The summed E-state index contributed by atoms with van der Waals surface area (Å²) in [6.07, 6.45) is 1.90. The molecule has 0 aliphatic carbocycles. The van der Waals surface area contributed by atoms with E-state index in [1.54, 1.807) is 13.0 Å². The van der Waals surface area contributed by atoms with E-state index in [2.05, 4.69) is 11.9 Å². The molecule has 0 saturated carbocycles. The van der Waals surface area contributed by atoms with Gasteiger partial charge in [-0.3, -0.25) is 0 Å². The molecule has 0 spiro atoms. The zero-order valence-electron chi connectivity index (χ0n) is 9.91. The Morgan fingerprint density at radius 1 is 1.50 bits per heavy atom. The molecule has 16 heavy (non-hydrogen) atoms. The Labute approximate surface area is 95.3 Å². The Morgan fingerprint density at radius 2 is 2.19 bits per heavy atom. The molecule has 0 aromatic carbocycles. The lowest BCUT2D eigenvalue weighted by atomic mass is 10.1. The number of unbranched alkanes of at least 4 members (excludes halogenated alkanes) is 1. The number of pyridine rings is 1. The molecule has 1 heterocycles. The maximum Gasteiger partial charge on any atom is 0.341 e. The SMILES string of the molecule is CCCCOc1nc(C)cc(C)c1C(=O)O. The smallest absolute Gasteiger partial charge is 0.341 e. The number of nitrogens with zero attached hydrogens (tertiary/aromatic N) is 1. The molecular formula is C12H17NO3. The van der Waals surface area contributed by atoms with Crippen molar-refractivity contribution in [1.82, 2.24) is 4.98 Å². The minimum atomic E-state index is -0.989. The van der Waals surface area contributed by atoms with Gasteiger partial charge in [-0.25, -0.2) is 9.78 Å². The van der Waals surface area contributed by atoms with E-state index < -0.39 is 5.97 Å². The number of aromatic carboxylic acids is 1. The Balaban J connectivity index is 2.99. The van der Waals surface area contributed by atoms with Crippen molar-refractivity contribution in [3.8, 4) is 5.88 Å². The highest BCUT2D eigenvalue weighted by atomic mass is 16.5. The molecule has 88 valence electrons. The first-order valence-corrected chi connectivity index (χ1v) is 5.40. The Morgan fingerprint density at radius 3 is 2.75 bits per heavy atom. The third kappa shape index (κ3) is 2.95. The van der Waals surface area contributed by atoms with Gasteiger partial charge in [0.2, 0.25) is 5.88 Å². The van der Waals surface area contributed by atoms with Crippen molar-refractivity contribution < 1.29 is 14.6 Å². The molecule has 1 aromatic heterocycles. The summed E-state index contributed by atoms with van der Waals surface area (Å²) in [5.74, 6) is -0.755. The third-order valence-electron chi connectivity index (χ3n) is 2.26. The van der Waals surface area contributed by atoms with Crippen molar-refractivity contribution in [3.63, 3.8) is 0 Å². The summed E-state index contributed by atoms with van der Waals surface area (Å²) in [6.45, 7) is 6.14. The number of aryl methyl sites for hydroxylation is 2. The van der Waals surface area contributed by atoms with Crippen LogP contribution in [0.3, 0.4) is 0 Å². The fourth-order valence-electron chi connectivity index (χ4n) is 1.48. The van der Waals surface area contributed by atoms with Gasteiger partial charge in [-0.1, -0.05) is 13.3 Å². The molecule has 0 bridgehead atoms. The van der Waals surface area contributed by atoms with Crippen molar-refractivity contribution in [3.05, 3.63) is 22.9 Å². The zero-order valence-corrected chi connectivity index (χ0v) is 9.91. The molecule has 0 unspecified atom stereocenters. The number of ether oxygens (including phenoxy) is 1. The van der Waals surface area contributed by atoms with E-state index in [1.807, 2.05) is 6.92 Å². The number of carbonyl (C=O) groups is 1. The van der Waals surface area contributed by atoms with Crippen LogP contribution in [0.2, 0.25) is 0 Å². The summed E-state index contributed by atoms with van der Waals surface area (Å²) in [6, 6.07) is 1.75. The molecule has 1 N–H and O–H groups in total. The van der Waals surface area contributed by atoms with Gasteiger partial charge in [0.25, 0.3) is 0 Å². The van der Waals surface area contributed by atoms with E-state index in [1.165, 1.54) is 0 Å². The van der Waals surface area contributed by atoms with Crippen molar-refractivity contribution >= 4 is 5.97 Å². The largest absolute Gasteiger partial charge is 0.477 e. The summed E-state index contributed by atoms with van der Waals surface area (Å²) < 4.78 is 5.41. The number of rotatable bonds is 5. The average molecular weight is 223 g/mol. The van der Waals surface area contributed by atoms with E-state index in [0.717, 1.165) is 18.5 Å². The second-order valence-electron chi connectivity index (χ2n) is 3.77. The first kappa shape index (κ1) is 12.5. The molecule has 1 rings (SSSR count). The third-order valence-corrected chi connectivity index (χ3v) is 2.26. The molecule has 0 saturated heterocycles. The monoisotopic (exact) mass is 223 g/mol. The van der Waals surface area contributed by atoms with Crippen LogP contribution < -0.4 is 4.74 Å². The second kappa shape index (κ2) is 5.49. The summed E-state index contributed by atoms with van der Waals surface area (Å²) in [5, 5.41) is 9.07. The first-order valence-electron chi connectivity index (χ1n) is 5.40. The van der Waals surface area contributed by atoms with Crippen molar-refractivity contribution in [2.45, 2.75) is 33.6 Å². The van der Waals surface area contributed by atoms with Crippen LogP contribution in [0.5, 0.6) is 5.88 Å². The lowest BCUT2D eigenvalue weighted by Crippen LogP contribution is -2.09. The molecule has 1 aromatic rings. The maximum absolute atomic E-state index is 11.1. The van der Waals surface area contributed by atoms with Crippen LogP contribution in [-0.2, 0) is 0 Å². The van der Waals surface area contributed by atoms with Gasteiger partial charge >= 0.3 is 5.97 Å².